The largest absolute Gasteiger partial charge is 0.326 e. The highest BCUT2D eigenvalue weighted by molar-refractivity contribution is 7.89. The lowest BCUT2D eigenvalue weighted by molar-refractivity contribution is -0.115. The molecule has 1 heterocycles. The molecule has 2 aromatic rings. The summed E-state index contributed by atoms with van der Waals surface area (Å²) in [6, 6.07) is 10.6. The molecular weight excluding hydrogens is 312 g/mol. The van der Waals surface area contributed by atoms with Crippen LogP contribution in [-0.2, 0) is 27.8 Å². The van der Waals surface area contributed by atoms with Crippen LogP contribution in [0.4, 0.5) is 5.69 Å². The van der Waals surface area contributed by atoms with E-state index in [4.69, 9.17) is 0 Å². The summed E-state index contributed by atoms with van der Waals surface area (Å²) in [5, 5.41) is 2.69. The van der Waals surface area contributed by atoms with Gasteiger partial charge in [-0.05, 0) is 54.3 Å². The smallest absolute Gasteiger partial charge is 0.240 e. The first-order valence-corrected chi connectivity index (χ1v) is 8.82. The fourth-order valence-corrected chi connectivity index (χ4v) is 3.62. The second-order valence-electron chi connectivity index (χ2n) is 5.79. The van der Waals surface area contributed by atoms with Crippen molar-refractivity contribution in [1.29, 1.82) is 0 Å². The van der Waals surface area contributed by atoms with Gasteiger partial charge in [0.1, 0.15) is 0 Å². The number of hydrogen-bond donors (Lipinski definition) is 2. The minimum absolute atomic E-state index is 0.113. The van der Waals surface area contributed by atoms with Crippen molar-refractivity contribution in [3.05, 3.63) is 58.7 Å². The van der Waals surface area contributed by atoms with E-state index >= 15 is 0 Å². The first-order valence-electron chi connectivity index (χ1n) is 7.34. The number of amides is 1. The zero-order valence-corrected chi connectivity index (χ0v) is 13.8. The van der Waals surface area contributed by atoms with Crippen LogP contribution in [0, 0.1) is 13.8 Å². The molecule has 1 aliphatic heterocycles. The molecule has 2 N–H and O–H groups in total. The topological polar surface area (TPSA) is 75.3 Å². The molecule has 3 rings (SSSR count). The Hall–Kier alpha value is -2.18. The van der Waals surface area contributed by atoms with Crippen LogP contribution in [0.2, 0.25) is 0 Å². The van der Waals surface area contributed by atoms with Gasteiger partial charge in [0.05, 0.1) is 11.3 Å². The number of fused-ring (bicyclic) bond motifs is 1. The standard InChI is InChI=1S/C17H18N2O3S/c1-11-3-4-13(7-12(11)2)10-18-23(21,22)15-5-6-16-14(8-15)9-17(20)19-16/h3-8,18H,9-10H2,1-2H3,(H,19,20). The second-order valence-corrected chi connectivity index (χ2v) is 7.55. The van der Waals surface area contributed by atoms with Crippen LogP contribution in [0.3, 0.4) is 0 Å². The molecule has 1 aliphatic rings. The number of aryl methyl sites for hydroxylation is 2. The van der Waals surface area contributed by atoms with Crippen LogP contribution in [-0.4, -0.2) is 14.3 Å². The third-order valence-electron chi connectivity index (χ3n) is 4.05. The zero-order chi connectivity index (χ0) is 16.6. The van der Waals surface area contributed by atoms with E-state index in [1.807, 2.05) is 32.0 Å². The first-order chi connectivity index (χ1) is 10.8. The minimum Gasteiger partial charge on any atom is -0.326 e. The summed E-state index contributed by atoms with van der Waals surface area (Å²) in [6.07, 6.45) is 0.218. The molecule has 0 radical (unpaired) electrons. The molecule has 0 saturated heterocycles. The maximum atomic E-state index is 12.4. The van der Waals surface area contributed by atoms with Gasteiger partial charge < -0.3 is 5.32 Å². The van der Waals surface area contributed by atoms with Gasteiger partial charge in [-0.15, -0.1) is 0 Å². The lowest BCUT2D eigenvalue weighted by atomic mass is 10.1. The van der Waals surface area contributed by atoms with Gasteiger partial charge >= 0.3 is 0 Å². The van der Waals surface area contributed by atoms with Gasteiger partial charge in [0.25, 0.3) is 0 Å². The molecule has 0 bridgehead atoms. The number of rotatable bonds is 4. The molecule has 0 saturated carbocycles. The summed E-state index contributed by atoms with van der Waals surface area (Å²) in [6.45, 7) is 4.25. The first kappa shape index (κ1) is 15.7. The van der Waals surface area contributed by atoms with Crippen molar-refractivity contribution >= 4 is 21.6 Å². The second kappa shape index (κ2) is 5.79. The molecule has 0 aromatic heterocycles. The minimum atomic E-state index is -3.61. The van der Waals surface area contributed by atoms with Gasteiger partial charge in [-0.2, -0.15) is 0 Å². The normalized spacial score (nSPS) is 13.7. The molecule has 0 unspecified atom stereocenters. The van der Waals surface area contributed by atoms with Crippen LogP contribution in [0.15, 0.2) is 41.3 Å². The quantitative estimate of drug-likeness (QED) is 0.903. The molecule has 0 fully saturated rings. The number of anilines is 1. The Morgan fingerprint density at radius 2 is 1.87 bits per heavy atom. The predicted molar refractivity (Wildman–Crippen MR) is 88.7 cm³/mol. The van der Waals surface area contributed by atoms with Gasteiger partial charge in [-0.25, -0.2) is 13.1 Å². The van der Waals surface area contributed by atoms with Gasteiger partial charge in [-0.1, -0.05) is 18.2 Å². The van der Waals surface area contributed by atoms with Gasteiger partial charge in [0.2, 0.25) is 15.9 Å². The Morgan fingerprint density at radius 3 is 2.61 bits per heavy atom. The monoisotopic (exact) mass is 330 g/mol. The summed E-state index contributed by atoms with van der Waals surface area (Å²) >= 11 is 0. The number of benzene rings is 2. The molecule has 0 spiro atoms. The highest BCUT2D eigenvalue weighted by Gasteiger charge is 2.21. The lowest BCUT2D eigenvalue weighted by Gasteiger charge is -2.09. The molecule has 23 heavy (non-hydrogen) atoms. The van der Waals surface area contributed by atoms with Gasteiger partial charge in [-0.3, -0.25) is 4.79 Å². The molecule has 2 aromatic carbocycles. The SMILES string of the molecule is Cc1ccc(CNS(=O)(=O)c2ccc3c(c2)CC(=O)N3)cc1C. The number of hydrogen-bond acceptors (Lipinski definition) is 3. The summed E-state index contributed by atoms with van der Waals surface area (Å²) in [5.41, 5.74) is 4.61. The van der Waals surface area contributed by atoms with Crippen molar-refractivity contribution in [2.75, 3.05) is 5.32 Å². The molecule has 0 atom stereocenters. The molecule has 6 heteroatoms. The van der Waals surface area contributed by atoms with Crippen molar-refractivity contribution in [2.45, 2.75) is 31.7 Å². The number of carbonyl (C=O) groups is 1. The van der Waals surface area contributed by atoms with Crippen LogP contribution in [0.5, 0.6) is 0 Å². The summed E-state index contributed by atoms with van der Waals surface area (Å²) in [4.78, 5) is 11.5. The number of nitrogens with one attached hydrogen (secondary N) is 2. The van der Waals surface area contributed by atoms with Crippen molar-refractivity contribution in [2.24, 2.45) is 0 Å². The van der Waals surface area contributed by atoms with Crippen molar-refractivity contribution in [3.63, 3.8) is 0 Å². The Morgan fingerprint density at radius 1 is 1.09 bits per heavy atom. The van der Waals surface area contributed by atoms with Crippen LogP contribution in [0.1, 0.15) is 22.3 Å². The highest BCUT2D eigenvalue weighted by Crippen LogP contribution is 2.25. The molecule has 1 amide bonds. The van der Waals surface area contributed by atoms with Crippen molar-refractivity contribution < 1.29 is 13.2 Å². The van der Waals surface area contributed by atoms with Crippen LogP contribution in [0.25, 0.3) is 0 Å². The molecular formula is C17H18N2O3S. The van der Waals surface area contributed by atoms with E-state index in [1.54, 1.807) is 12.1 Å². The van der Waals surface area contributed by atoms with E-state index in [0.29, 0.717) is 11.3 Å². The molecule has 5 nitrogen and oxygen atoms in total. The summed E-state index contributed by atoms with van der Waals surface area (Å²) in [5.74, 6) is -0.113. The molecule has 0 aliphatic carbocycles. The lowest BCUT2D eigenvalue weighted by Crippen LogP contribution is -2.23. The van der Waals surface area contributed by atoms with Gasteiger partial charge in [0, 0.05) is 12.2 Å². The zero-order valence-electron chi connectivity index (χ0n) is 13.0. The third kappa shape index (κ3) is 3.28. The van der Waals surface area contributed by atoms with E-state index in [0.717, 1.165) is 11.1 Å². The Kier molecular flexibility index (Phi) is 3.95. The Balaban J connectivity index is 1.78. The van der Waals surface area contributed by atoms with E-state index in [9.17, 15) is 13.2 Å². The van der Waals surface area contributed by atoms with Crippen molar-refractivity contribution in [1.82, 2.24) is 4.72 Å². The van der Waals surface area contributed by atoms with Gasteiger partial charge in [0.15, 0.2) is 0 Å². The van der Waals surface area contributed by atoms with E-state index in [-0.39, 0.29) is 23.8 Å². The highest BCUT2D eigenvalue weighted by atomic mass is 32.2. The Labute approximate surface area is 135 Å². The Bertz CT molecular complexity index is 889. The predicted octanol–water partition coefficient (Wildman–Crippen LogP) is 2.28. The van der Waals surface area contributed by atoms with Crippen molar-refractivity contribution in [3.8, 4) is 0 Å². The van der Waals surface area contributed by atoms with E-state index in [2.05, 4.69) is 10.0 Å². The average molecular weight is 330 g/mol. The third-order valence-corrected chi connectivity index (χ3v) is 5.45. The fourth-order valence-electron chi connectivity index (χ4n) is 2.55. The molecule has 120 valence electrons. The average Bonchev–Trinajstić information content (AvgIpc) is 2.87. The number of carbonyl (C=O) groups excluding carboxylic acids is 1. The van der Waals surface area contributed by atoms with Crippen LogP contribution < -0.4 is 10.0 Å². The fraction of sp³-hybridized carbons (Fsp3) is 0.235. The van der Waals surface area contributed by atoms with E-state index in [1.165, 1.54) is 11.6 Å². The van der Waals surface area contributed by atoms with Crippen LogP contribution >= 0.6 is 0 Å². The number of sulfonamides is 1. The summed E-state index contributed by atoms with van der Waals surface area (Å²) < 4.78 is 27.5. The maximum absolute atomic E-state index is 12.4. The van der Waals surface area contributed by atoms with E-state index < -0.39 is 10.0 Å². The summed E-state index contributed by atoms with van der Waals surface area (Å²) in [7, 11) is -3.61. The maximum Gasteiger partial charge on any atom is 0.240 e.